The maximum absolute atomic E-state index is 13.7. The third-order valence-corrected chi connectivity index (χ3v) is 3.30. The first-order chi connectivity index (χ1) is 8.59. The molecule has 1 atom stereocenters. The summed E-state index contributed by atoms with van der Waals surface area (Å²) in [5.74, 6) is -0.683. The van der Waals surface area contributed by atoms with Crippen molar-refractivity contribution in [3.63, 3.8) is 0 Å². The van der Waals surface area contributed by atoms with Crippen LogP contribution >= 0.6 is 15.9 Å². The average Bonchev–Trinajstić information content (AvgIpc) is 2.41. The summed E-state index contributed by atoms with van der Waals surface area (Å²) < 4.78 is 19.8. The molecule has 1 amide bonds. The summed E-state index contributed by atoms with van der Waals surface area (Å²) in [6, 6.07) is 4.49. The van der Waals surface area contributed by atoms with Crippen molar-refractivity contribution in [3.8, 4) is 0 Å². The predicted molar refractivity (Wildman–Crippen MR) is 70.1 cm³/mol. The molecule has 0 spiro atoms. The Labute approximate surface area is 113 Å². The van der Waals surface area contributed by atoms with Gasteiger partial charge >= 0.3 is 0 Å². The van der Waals surface area contributed by atoms with Crippen LogP contribution in [-0.2, 0) is 9.53 Å². The summed E-state index contributed by atoms with van der Waals surface area (Å²) >= 11 is 3.26. The molecule has 1 fully saturated rings. The molecule has 1 aliphatic rings. The third kappa shape index (κ3) is 2.88. The fourth-order valence-corrected chi connectivity index (χ4v) is 2.15. The average molecular weight is 317 g/mol. The molecule has 98 valence electrons. The van der Waals surface area contributed by atoms with Crippen LogP contribution in [0, 0.1) is 5.82 Å². The second kappa shape index (κ2) is 5.77. The quantitative estimate of drug-likeness (QED) is 0.900. The number of carbonyl (C=O) groups excluding carboxylic acids is 1. The highest BCUT2D eigenvalue weighted by molar-refractivity contribution is 9.10. The fourth-order valence-electron chi connectivity index (χ4n) is 1.80. The van der Waals surface area contributed by atoms with Gasteiger partial charge in [-0.1, -0.05) is 15.9 Å². The molecule has 6 heteroatoms. The van der Waals surface area contributed by atoms with Crippen LogP contribution in [0.25, 0.3) is 0 Å². The number of hydrogen-bond acceptors (Lipinski definition) is 3. The topological polar surface area (TPSA) is 41.6 Å². The zero-order valence-corrected chi connectivity index (χ0v) is 11.5. The van der Waals surface area contributed by atoms with Gasteiger partial charge in [-0.2, -0.15) is 0 Å². The molecule has 1 N–H and O–H groups in total. The van der Waals surface area contributed by atoms with Gasteiger partial charge in [0.25, 0.3) is 5.91 Å². The highest BCUT2D eigenvalue weighted by Gasteiger charge is 2.26. The van der Waals surface area contributed by atoms with Crippen molar-refractivity contribution in [2.45, 2.75) is 6.10 Å². The second-order valence-electron chi connectivity index (χ2n) is 4.06. The molecular formula is C12H14BrFN2O2. The van der Waals surface area contributed by atoms with Crippen LogP contribution in [0.2, 0.25) is 0 Å². The SMILES string of the molecule is CN(C(=O)C1CNCCO1)c1cc(Br)ccc1F. The highest BCUT2D eigenvalue weighted by atomic mass is 79.9. The minimum absolute atomic E-state index is 0.239. The Hall–Kier alpha value is -0.980. The maximum atomic E-state index is 13.7. The summed E-state index contributed by atoms with van der Waals surface area (Å²) in [6.07, 6.45) is -0.554. The molecule has 1 aromatic carbocycles. The summed E-state index contributed by atoms with van der Waals surface area (Å²) in [5.41, 5.74) is 0.239. The van der Waals surface area contributed by atoms with E-state index in [-0.39, 0.29) is 11.6 Å². The van der Waals surface area contributed by atoms with Crippen molar-refractivity contribution >= 4 is 27.5 Å². The number of rotatable bonds is 2. The van der Waals surface area contributed by atoms with Gasteiger partial charge in [-0.3, -0.25) is 4.79 Å². The van der Waals surface area contributed by atoms with Crippen LogP contribution in [0.4, 0.5) is 10.1 Å². The van der Waals surface area contributed by atoms with E-state index in [9.17, 15) is 9.18 Å². The van der Waals surface area contributed by atoms with E-state index in [0.717, 1.165) is 11.0 Å². The zero-order valence-electron chi connectivity index (χ0n) is 9.95. The van der Waals surface area contributed by atoms with Crippen LogP contribution in [-0.4, -0.2) is 38.8 Å². The van der Waals surface area contributed by atoms with E-state index < -0.39 is 11.9 Å². The van der Waals surface area contributed by atoms with Gasteiger partial charge in [0.2, 0.25) is 0 Å². The Bertz CT molecular complexity index is 450. The van der Waals surface area contributed by atoms with Crippen LogP contribution < -0.4 is 10.2 Å². The van der Waals surface area contributed by atoms with Gasteiger partial charge in [0.15, 0.2) is 0 Å². The molecule has 0 radical (unpaired) electrons. The monoisotopic (exact) mass is 316 g/mol. The third-order valence-electron chi connectivity index (χ3n) is 2.80. The lowest BCUT2D eigenvalue weighted by Crippen LogP contribution is -2.48. The smallest absolute Gasteiger partial charge is 0.257 e. The van der Waals surface area contributed by atoms with Gasteiger partial charge in [-0.25, -0.2) is 4.39 Å². The lowest BCUT2D eigenvalue weighted by molar-refractivity contribution is -0.131. The van der Waals surface area contributed by atoms with Crippen LogP contribution in [0.15, 0.2) is 22.7 Å². The second-order valence-corrected chi connectivity index (χ2v) is 4.97. The van der Waals surface area contributed by atoms with E-state index in [1.165, 1.54) is 11.0 Å². The number of ether oxygens (including phenoxy) is 1. The van der Waals surface area contributed by atoms with Gasteiger partial charge in [0.05, 0.1) is 12.3 Å². The summed E-state index contributed by atoms with van der Waals surface area (Å²) in [4.78, 5) is 13.4. The lowest BCUT2D eigenvalue weighted by atomic mass is 10.2. The van der Waals surface area contributed by atoms with Crippen molar-refractivity contribution in [1.29, 1.82) is 0 Å². The first-order valence-electron chi connectivity index (χ1n) is 5.64. The van der Waals surface area contributed by atoms with E-state index in [2.05, 4.69) is 21.2 Å². The molecule has 1 aliphatic heterocycles. The van der Waals surface area contributed by atoms with E-state index >= 15 is 0 Å². The van der Waals surface area contributed by atoms with Crippen LogP contribution in [0.3, 0.4) is 0 Å². The zero-order chi connectivity index (χ0) is 13.1. The molecule has 1 heterocycles. The molecule has 2 rings (SSSR count). The molecule has 18 heavy (non-hydrogen) atoms. The highest BCUT2D eigenvalue weighted by Crippen LogP contribution is 2.23. The van der Waals surface area contributed by atoms with E-state index in [1.54, 1.807) is 19.2 Å². The summed E-state index contributed by atoms with van der Waals surface area (Å²) in [5, 5.41) is 3.07. The number of nitrogens with zero attached hydrogens (tertiary/aromatic N) is 1. The number of morpholine rings is 1. The number of anilines is 1. The summed E-state index contributed by atoms with van der Waals surface area (Å²) in [6.45, 7) is 1.68. The lowest BCUT2D eigenvalue weighted by Gasteiger charge is -2.27. The Morgan fingerprint density at radius 3 is 3.06 bits per heavy atom. The Kier molecular flexibility index (Phi) is 4.31. The van der Waals surface area contributed by atoms with Crippen molar-refractivity contribution in [1.82, 2.24) is 5.32 Å². The van der Waals surface area contributed by atoms with Crippen molar-refractivity contribution in [2.24, 2.45) is 0 Å². The fraction of sp³-hybridized carbons (Fsp3) is 0.417. The Morgan fingerprint density at radius 2 is 2.39 bits per heavy atom. The minimum atomic E-state index is -0.554. The van der Waals surface area contributed by atoms with Gasteiger partial charge in [-0.05, 0) is 18.2 Å². The number of nitrogens with one attached hydrogen (secondary N) is 1. The molecular weight excluding hydrogens is 303 g/mol. The number of hydrogen-bond donors (Lipinski definition) is 1. The van der Waals surface area contributed by atoms with Crippen LogP contribution in [0.5, 0.6) is 0 Å². The summed E-state index contributed by atoms with van der Waals surface area (Å²) in [7, 11) is 1.55. The molecule has 0 bridgehead atoms. The molecule has 1 unspecified atom stereocenters. The van der Waals surface area contributed by atoms with Gasteiger partial charge in [0, 0.05) is 24.6 Å². The molecule has 0 saturated carbocycles. The van der Waals surface area contributed by atoms with Gasteiger partial charge in [0.1, 0.15) is 11.9 Å². The number of benzene rings is 1. The molecule has 0 aromatic heterocycles. The maximum Gasteiger partial charge on any atom is 0.257 e. The van der Waals surface area contributed by atoms with Crippen molar-refractivity contribution in [3.05, 3.63) is 28.5 Å². The van der Waals surface area contributed by atoms with Gasteiger partial charge < -0.3 is 15.0 Å². The molecule has 0 aliphatic carbocycles. The first-order valence-corrected chi connectivity index (χ1v) is 6.44. The number of likely N-dealkylation sites (N-methyl/N-ethyl adjacent to an activating group) is 1. The minimum Gasteiger partial charge on any atom is -0.366 e. The van der Waals surface area contributed by atoms with E-state index in [1.807, 2.05) is 0 Å². The molecule has 1 saturated heterocycles. The number of carbonyl (C=O) groups is 1. The van der Waals surface area contributed by atoms with Crippen LogP contribution in [0.1, 0.15) is 0 Å². The van der Waals surface area contributed by atoms with Crippen molar-refractivity contribution < 1.29 is 13.9 Å². The molecule has 1 aromatic rings. The number of halogens is 2. The van der Waals surface area contributed by atoms with E-state index in [4.69, 9.17) is 4.74 Å². The standard InChI is InChI=1S/C12H14BrFN2O2/c1-16(10-6-8(13)2-3-9(10)14)12(17)11-7-15-4-5-18-11/h2-3,6,11,15H,4-5,7H2,1H3. The normalized spacial score (nSPS) is 19.6. The predicted octanol–water partition coefficient (Wildman–Crippen LogP) is 1.54. The van der Waals surface area contributed by atoms with Crippen molar-refractivity contribution in [2.75, 3.05) is 31.6 Å². The first kappa shape index (κ1) is 13.5. The number of amides is 1. The Balaban J connectivity index is 2.16. The Morgan fingerprint density at radius 1 is 1.61 bits per heavy atom. The molecule has 4 nitrogen and oxygen atoms in total. The largest absolute Gasteiger partial charge is 0.366 e. The van der Waals surface area contributed by atoms with E-state index in [0.29, 0.717) is 13.2 Å². The van der Waals surface area contributed by atoms with Gasteiger partial charge in [-0.15, -0.1) is 0 Å².